The van der Waals surface area contributed by atoms with E-state index in [-0.39, 0.29) is 17.8 Å². The van der Waals surface area contributed by atoms with E-state index in [2.05, 4.69) is 11.1 Å². The molecule has 1 atom stereocenters. The minimum Gasteiger partial charge on any atom is -0.497 e. The Hall–Kier alpha value is -5.27. The number of imide groups is 1. The van der Waals surface area contributed by atoms with E-state index in [0.717, 1.165) is 22.2 Å². The number of amides is 2. The summed E-state index contributed by atoms with van der Waals surface area (Å²) in [4.78, 5) is 56.8. The Morgan fingerprint density at radius 1 is 0.976 bits per heavy atom. The number of hydrogen-bond donors (Lipinski definition) is 0. The fourth-order valence-electron chi connectivity index (χ4n) is 4.33. The van der Waals surface area contributed by atoms with E-state index in [9.17, 15) is 24.4 Å². The molecule has 0 bridgehead atoms. The van der Waals surface area contributed by atoms with Crippen molar-refractivity contribution in [1.82, 2.24) is 4.98 Å². The Bertz CT molecular complexity index is 1720. The van der Waals surface area contributed by atoms with E-state index in [0.29, 0.717) is 33.3 Å². The van der Waals surface area contributed by atoms with Crippen molar-refractivity contribution in [1.29, 1.82) is 5.26 Å². The molecule has 0 aliphatic carbocycles. The average Bonchev–Trinajstić information content (AvgIpc) is 3.31. The van der Waals surface area contributed by atoms with Crippen LogP contribution in [0.25, 0.3) is 11.3 Å². The second-order valence-corrected chi connectivity index (χ2v) is 10.4. The van der Waals surface area contributed by atoms with Crippen LogP contribution in [0.2, 0.25) is 0 Å². The number of anilines is 1. The summed E-state index contributed by atoms with van der Waals surface area (Å²) in [6, 6.07) is 27.2. The molecule has 2 amide bonds. The van der Waals surface area contributed by atoms with Gasteiger partial charge in [0.15, 0.2) is 12.4 Å². The zero-order valence-electron chi connectivity index (χ0n) is 22.4. The molecule has 3 aromatic carbocycles. The van der Waals surface area contributed by atoms with Crippen LogP contribution in [0.4, 0.5) is 5.69 Å². The minimum absolute atomic E-state index is 0.0677. The highest BCUT2D eigenvalue weighted by molar-refractivity contribution is 8.00. The molecule has 9 nitrogen and oxygen atoms in total. The van der Waals surface area contributed by atoms with Crippen molar-refractivity contribution in [3.8, 4) is 23.1 Å². The topological polar surface area (TPSA) is 127 Å². The number of benzene rings is 3. The lowest BCUT2D eigenvalue weighted by Crippen LogP contribution is -2.31. The summed E-state index contributed by atoms with van der Waals surface area (Å²) in [7, 11) is 1.49. The van der Waals surface area contributed by atoms with Gasteiger partial charge < -0.3 is 9.47 Å². The van der Waals surface area contributed by atoms with E-state index >= 15 is 0 Å². The molecule has 5 rings (SSSR count). The van der Waals surface area contributed by atoms with Gasteiger partial charge in [-0.1, -0.05) is 54.2 Å². The Kier molecular flexibility index (Phi) is 8.41. The van der Waals surface area contributed by atoms with Crippen molar-refractivity contribution in [2.24, 2.45) is 0 Å². The van der Waals surface area contributed by atoms with Crippen LogP contribution in [0.15, 0.2) is 96.0 Å². The van der Waals surface area contributed by atoms with Crippen LogP contribution >= 0.6 is 11.8 Å². The zero-order valence-corrected chi connectivity index (χ0v) is 23.2. The number of esters is 1. The van der Waals surface area contributed by atoms with Gasteiger partial charge in [0.25, 0.3) is 0 Å². The first-order valence-corrected chi connectivity index (χ1v) is 13.7. The van der Waals surface area contributed by atoms with Crippen molar-refractivity contribution in [3.05, 3.63) is 108 Å². The molecule has 0 saturated carbocycles. The SMILES string of the molecule is COc1cccc(C(=O)COC(=O)c2ccc(N3C(=O)CC(Sc4nc(-c5ccccc5)ccc4C#N)C3=O)cc2)c1. The van der Waals surface area contributed by atoms with Crippen LogP contribution in [0.5, 0.6) is 5.75 Å². The number of ketones is 1. The number of aromatic nitrogens is 1. The lowest BCUT2D eigenvalue weighted by molar-refractivity contribution is -0.121. The van der Waals surface area contributed by atoms with Gasteiger partial charge in [-0.15, -0.1) is 0 Å². The lowest BCUT2D eigenvalue weighted by Gasteiger charge is -2.15. The maximum atomic E-state index is 13.3. The summed E-state index contributed by atoms with van der Waals surface area (Å²) in [6.45, 7) is -0.458. The summed E-state index contributed by atoms with van der Waals surface area (Å²) in [5, 5.41) is 9.19. The molecule has 10 heteroatoms. The highest BCUT2D eigenvalue weighted by Gasteiger charge is 2.40. The number of rotatable bonds is 9. The summed E-state index contributed by atoms with van der Waals surface area (Å²) in [6.07, 6.45) is -0.0677. The molecule has 0 N–H and O–H groups in total. The van der Waals surface area contributed by atoms with Gasteiger partial charge in [0.1, 0.15) is 16.8 Å². The molecule has 1 fully saturated rings. The number of carbonyl (C=O) groups excluding carboxylic acids is 4. The molecule has 4 aromatic rings. The maximum absolute atomic E-state index is 13.3. The van der Waals surface area contributed by atoms with Gasteiger partial charge in [-0.25, -0.2) is 14.7 Å². The third-order valence-electron chi connectivity index (χ3n) is 6.50. The summed E-state index contributed by atoms with van der Waals surface area (Å²) in [5.74, 6) is -1.45. The number of thioether (sulfide) groups is 1. The fraction of sp³-hybridized carbons (Fsp3) is 0.125. The normalized spacial score (nSPS) is 14.4. The van der Waals surface area contributed by atoms with E-state index in [1.165, 1.54) is 31.4 Å². The van der Waals surface area contributed by atoms with Crippen molar-refractivity contribution in [2.75, 3.05) is 18.6 Å². The van der Waals surface area contributed by atoms with Crippen LogP contribution in [0, 0.1) is 11.3 Å². The zero-order chi connectivity index (χ0) is 29.6. The van der Waals surface area contributed by atoms with Gasteiger partial charge in [-0.3, -0.25) is 14.4 Å². The molecule has 0 radical (unpaired) electrons. The van der Waals surface area contributed by atoms with Crippen LogP contribution in [-0.2, 0) is 14.3 Å². The van der Waals surface area contributed by atoms with Gasteiger partial charge in [0, 0.05) is 17.5 Å². The molecule has 1 unspecified atom stereocenters. The van der Waals surface area contributed by atoms with E-state index in [1.807, 2.05) is 30.3 Å². The minimum atomic E-state index is -0.768. The Morgan fingerprint density at radius 3 is 2.45 bits per heavy atom. The predicted octanol–water partition coefficient (Wildman–Crippen LogP) is 5.09. The van der Waals surface area contributed by atoms with E-state index < -0.39 is 29.6 Å². The van der Waals surface area contributed by atoms with Crippen LogP contribution < -0.4 is 9.64 Å². The van der Waals surface area contributed by atoms with Gasteiger partial charge >= 0.3 is 5.97 Å². The van der Waals surface area contributed by atoms with Gasteiger partial charge in [0.05, 0.1) is 34.9 Å². The van der Waals surface area contributed by atoms with Gasteiger partial charge in [0.2, 0.25) is 11.8 Å². The molecular formula is C32H23N3O6S. The first kappa shape index (κ1) is 28.3. The number of ether oxygens (including phenoxy) is 2. The largest absolute Gasteiger partial charge is 0.497 e. The molecule has 1 aromatic heterocycles. The molecule has 42 heavy (non-hydrogen) atoms. The van der Waals surface area contributed by atoms with Crippen molar-refractivity contribution in [2.45, 2.75) is 16.7 Å². The first-order valence-electron chi connectivity index (χ1n) is 12.8. The summed E-state index contributed by atoms with van der Waals surface area (Å²) in [5.41, 5.74) is 2.62. The number of pyridine rings is 1. The predicted molar refractivity (Wildman–Crippen MR) is 155 cm³/mol. The fourth-order valence-corrected chi connectivity index (χ4v) is 5.42. The van der Waals surface area contributed by atoms with E-state index in [1.54, 1.807) is 36.4 Å². The standard InChI is InChI=1S/C32H23N3O6S/c1-40-25-9-5-8-22(16-25)27(36)19-41-32(39)21-10-13-24(14-11-21)35-29(37)17-28(31(35)38)42-30-23(18-33)12-15-26(34-30)20-6-3-2-4-7-20/h2-16,28H,17,19H2,1H3. The number of carbonyl (C=O) groups is 4. The van der Waals surface area contributed by atoms with Crippen molar-refractivity contribution in [3.63, 3.8) is 0 Å². The molecular weight excluding hydrogens is 554 g/mol. The Labute approximate surface area is 245 Å². The summed E-state index contributed by atoms with van der Waals surface area (Å²) >= 11 is 1.08. The second-order valence-electron chi connectivity index (χ2n) is 9.18. The Balaban J connectivity index is 1.25. The molecule has 208 valence electrons. The number of methoxy groups -OCH3 is 1. The monoisotopic (exact) mass is 577 g/mol. The molecule has 1 aliphatic rings. The first-order chi connectivity index (χ1) is 20.4. The van der Waals surface area contributed by atoms with Crippen molar-refractivity contribution >= 4 is 41.0 Å². The van der Waals surface area contributed by atoms with Crippen LogP contribution in [0.1, 0.15) is 32.7 Å². The molecule has 2 heterocycles. The highest BCUT2D eigenvalue weighted by Crippen LogP contribution is 2.35. The smallest absolute Gasteiger partial charge is 0.338 e. The van der Waals surface area contributed by atoms with Crippen LogP contribution in [-0.4, -0.2) is 47.5 Å². The maximum Gasteiger partial charge on any atom is 0.338 e. The molecule has 1 saturated heterocycles. The number of nitriles is 1. The van der Waals surface area contributed by atoms with Crippen molar-refractivity contribution < 1.29 is 28.7 Å². The molecule has 1 aliphatic heterocycles. The van der Waals surface area contributed by atoms with Gasteiger partial charge in [-0.2, -0.15) is 5.26 Å². The summed E-state index contributed by atoms with van der Waals surface area (Å²) < 4.78 is 10.3. The number of nitrogens with zero attached hydrogens (tertiary/aromatic N) is 3. The Morgan fingerprint density at radius 2 is 1.74 bits per heavy atom. The van der Waals surface area contributed by atoms with Gasteiger partial charge in [-0.05, 0) is 48.5 Å². The third kappa shape index (κ3) is 6.06. The van der Waals surface area contributed by atoms with Crippen LogP contribution in [0.3, 0.4) is 0 Å². The number of hydrogen-bond acceptors (Lipinski definition) is 9. The average molecular weight is 578 g/mol. The number of Topliss-reactive ketones (excluding diaryl/α,β-unsaturated/α-hetero) is 1. The quantitative estimate of drug-likeness (QED) is 0.152. The third-order valence-corrected chi connectivity index (χ3v) is 7.68. The molecule has 0 spiro atoms. The van der Waals surface area contributed by atoms with E-state index in [4.69, 9.17) is 9.47 Å². The lowest BCUT2D eigenvalue weighted by atomic mass is 10.1. The second kappa shape index (κ2) is 12.5. The highest BCUT2D eigenvalue weighted by atomic mass is 32.2.